The summed E-state index contributed by atoms with van der Waals surface area (Å²) in [5.41, 5.74) is 1.06. The summed E-state index contributed by atoms with van der Waals surface area (Å²) in [5.74, 6) is 1.28. The molecule has 5 nitrogen and oxygen atoms in total. The first-order chi connectivity index (χ1) is 9.72. The third-order valence-corrected chi connectivity index (χ3v) is 2.89. The number of carbonyl (C=O) groups is 1. The Bertz CT molecular complexity index is 487. The van der Waals surface area contributed by atoms with Gasteiger partial charge in [0.15, 0.2) is 11.5 Å². The molecule has 0 aromatic heterocycles. The van der Waals surface area contributed by atoms with Gasteiger partial charge in [-0.1, -0.05) is 12.1 Å². The van der Waals surface area contributed by atoms with E-state index in [1.54, 1.807) is 13.0 Å². The highest BCUT2D eigenvalue weighted by molar-refractivity contribution is 5.71. The van der Waals surface area contributed by atoms with Crippen molar-refractivity contribution in [1.82, 2.24) is 4.90 Å². The maximum absolute atomic E-state index is 11.6. The first-order valence-electron chi connectivity index (χ1n) is 6.60. The van der Waals surface area contributed by atoms with Gasteiger partial charge in [0.05, 0.1) is 13.2 Å². The molecular weight excluding hydrogens is 258 g/mol. The molecule has 1 heterocycles. The van der Waals surface area contributed by atoms with E-state index in [2.05, 4.69) is 6.58 Å². The number of esters is 1. The van der Waals surface area contributed by atoms with Crippen LogP contribution >= 0.6 is 0 Å². The van der Waals surface area contributed by atoms with E-state index in [9.17, 15) is 4.79 Å². The lowest BCUT2D eigenvalue weighted by atomic mass is 10.2. The fourth-order valence-electron chi connectivity index (χ4n) is 2.05. The number of carbonyl (C=O) groups excluding carboxylic acids is 1. The van der Waals surface area contributed by atoms with Crippen LogP contribution in [-0.4, -0.2) is 37.4 Å². The molecule has 0 saturated heterocycles. The van der Waals surface area contributed by atoms with E-state index in [-0.39, 0.29) is 19.3 Å². The molecular formula is C15H19NO4. The van der Waals surface area contributed by atoms with Crippen LogP contribution in [-0.2, 0) is 16.1 Å². The largest absolute Gasteiger partial charge is 0.465 e. The van der Waals surface area contributed by atoms with Crippen LogP contribution < -0.4 is 9.47 Å². The van der Waals surface area contributed by atoms with Crippen LogP contribution in [0.4, 0.5) is 0 Å². The Morgan fingerprint density at radius 2 is 2.25 bits per heavy atom. The number of benzene rings is 1. The van der Waals surface area contributed by atoms with Gasteiger partial charge in [-0.15, -0.1) is 6.58 Å². The van der Waals surface area contributed by atoms with Crippen molar-refractivity contribution in [3.05, 3.63) is 36.4 Å². The van der Waals surface area contributed by atoms with E-state index in [0.717, 1.165) is 17.1 Å². The van der Waals surface area contributed by atoms with Crippen LogP contribution in [0.2, 0.25) is 0 Å². The summed E-state index contributed by atoms with van der Waals surface area (Å²) in [7, 11) is 0. The molecule has 108 valence electrons. The summed E-state index contributed by atoms with van der Waals surface area (Å²) in [6.45, 7) is 7.66. The molecule has 1 aliphatic rings. The molecule has 20 heavy (non-hydrogen) atoms. The van der Waals surface area contributed by atoms with Gasteiger partial charge in [0.25, 0.3) is 0 Å². The number of fused-ring (bicyclic) bond motifs is 1. The normalized spacial score (nSPS) is 12.5. The van der Waals surface area contributed by atoms with Gasteiger partial charge in [0, 0.05) is 13.1 Å². The molecule has 1 aliphatic heterocycles. The van der Waals surface area contributed by atoms with Gasteiger partial charge in [-0.2, -0.15) is 0 Å². The predicted molar refractivity (Wildman–Crippen MR) is 74.7 cm³/mol. The van der Waals surface area contributed by atoms with Crippen molar-refractivity contribution in [2.24, 2.45) is 0 Å². The number of hydrogen-bond donors (Lipinski definition) is 0. The molecule has 0 amide bonds. The molecule has 2 rings (SSSR count). The van der Waals surface area contributed by atoms with Gasteiger partial charge in [-0.25, -0.2) is 0 Å². The zero-order valence-corrected chi connectivity index (χ0v) is 11.6. The van der Waals surface area contributed by atoms with E-state index in [1.165, 1.54) is 0 Å². The van der Waals surface area contributed by atoms with Crippen molar-refractivity contribution in [3.63, 3.8) is 0 Å². The maximum Gasteiger partial charge on any atom is 0.320 e. The topological polar surface area (TPSA) is 48.0 Å². The molecule has 0 unspecified atom stereocenters. The average Bonchev–Trinajstić information content (AvgIpc) is 2.86. The molecule has 1 aromatic rings. The zero-order valence-electron chi connectivity index (χ0n) is 11.6. The Hall–Kier alpha value is -2.01. The van der Waals surface area contributed by atoms with Crippen LogP contribution in [0.25, 0.3) is 0 Å². The highest BCUT2D eigenvalue weighted by atomic mass is 16.7. The summed E-state index contributed by atoms with van der Waals surface area (Å²) in [6.07, 6.45) is 1.77. The molecule has 0 bridgehead atoms. The first kappa shape index (κ1) is 14.4. The third kappa shape index (κ3) is 3.74. The van der Waals surface area contributed by atoms with E-state index >= 15 is 0 Å². The SMILES string of the molecule is C=CCN(CC(=O)OCC)Cc1ccc2c(c1)OCO2. The molecule has 0 spiro atoms. The van der Waals surface area contributed by atoms with Crippen molar-refractivity contribution in [2.75, 3.05) is 26.5 Å². The van der Waals surface area contributed by atoms with E-state index in [4.69, 9.17) is 14.2 Å². The van der Waals surface area contributed by atoms with E-state index in [0.29, 0.717) is 19.7 Å². The Kier molecular flexibility index (Phi) is 5.01. The third-order valence-electron chi connectivity index (χ3n) is 2.89. The number of nitrogens with zero attached hydrogens (tertiary/aromatic N) is 1. The van der Waals surface area contributed by atoms with Gasteiger partial charge in [-0.3, -0.25) is 9.69 Å². The highest BCUT2D eigenvalue weighted by Crippen LogP contribution is 2.32. The molecule has 0 N–H and O–H groups in total. The van der Waals surface area contributed by atoms with Crippen molar-refractivity contribution >= 4 is 5.97 Å². The fourth-order valence-corrected chi connectivity index (χ4v) is 2.05. The van der Waals surface area contributed by atoms with Crippen LogP contribution in [0.3, 0.4) is 0 Å². The molecule has 0 saturated carbocycles. The second kappa shape index (κ2) is 6.96. The summed E-state index contributed by atoms with van der Waals surface area (Å²) in [6, 6.07) is 5.78. The Balaban J connectivity index is 2.00. The minimum Gasteiger partial charge on any atom is -0.465 e. The Morgan fingerprint density at radius 1 is 1.45 bits per heavy atom. The van der Waals surface area contributed by atoms with Crippen LogP contribution in [0, 0.1) is 0 Å². The number of ether oxygens (including phenoxy) is 3. The van der Waals surface area contributed by atoms with Gasteiger partial charge in [-0.05, 0) is 24.6 Å². The molecule has 0 aliphatic carbocycles. The molecule has 0 fully saturated rings. The minimum atomic E-state index is -0.227. The minimum absolute atomic E-state index is 0.227. The smallest absolute Gasteiger partial charge is 0.320 e. The van der Waals surface area contributed by atoms with E-state index < -0.39 is 0 Å². The van der Waals surface area contributed by atoms with Gasteiger partial charge >= 0.3 is 5.97 Å². The van der Waals surface area contributed by atoms with Crippen LogP contribution in [0.1, 0.15) is 12.5 Å². The van der Waals surface area contributed by atoms with Crippen molar-refractivity contribution in [3.8, 4) is 11.5 Å². The van der Waals surface area contributed by atoms with E-state index in [1.807, 2.05) is 23.1 Å². The highest BCUT2D eigenvalue weighted by Gasteiger charge is 2.15. The Labute approximate surface area is 118 Å². The van der Waals surface area contributed by atoms with Crippen molar-refractivity contribution in [1.29, 1.82) is 0 Å². The van der Waals surface area contributed by atoms with Gasteiger partial charge in [0.1, 0.15) is 0 Å². The predicted octanol–water partition coefficient (Wildman–Crippen LogP) is 1.97. The van der Waals surface area contributed by atoms with Crippen molar-refractivity contribution < 1.29 is 19.0 Å². The average molecular weight is 277 g/mol. The quantitative estimate of drug-likeness (QED) is 0.563. The van der Waals surface area contributed by atoms with Crippen LogP contribution in [0.5, 0.6) is 11.5 Å². The summed E-state index contributed by atoms with van der Waals surface area (Å²) in [5, 5.41) is 0. The number of rotatable bonds is 7. The van der Waals surface area contributed by atoms with Crippen molar-refractivity contribution in [2.45, 2.75) is 13.5 Å². The second-order valence-corrected chi connectivity index (χ2v) is 4.45. The van der Waals surface area contributed by atoms with Gasteiger partial charge < -0.3 is 14.2 Å². The van der Waals surface area contributed by atoms with Gasteiger partial charge in [0.2, 0.25) is 6.79 Å². The lowest BCUT2D eigenvalue weighted by molar-refractivity contribution is -0.144. The maximum atomic E-state index is 11.6. The second-order valence-electron chi connectivity index (χ2n) is 4.45. The standard InChI is InChI=1S/C15H19NO4/c1-3-7-16(10-15(17)18-4-2)9-12-5-6-13-14(8-12)20-11-19-13/h3,5-6,8H,1,4,7,9-11H2,2H3. The lowest BCUT2D eigenvalue weighted by Gasteiger charge is -2.19. The van der Waals surface area contributed by atoms with Crippen LogP contribution in [0.15, 0.2) is 30.9 Å². The first-order valence-corrected chi connectivity index (χ1v) is 6.60. The molecule has 5 heteroatoms. The lowest BCUT2D eigenvalue weighted by Crippen LogP contribution is -2.30. The molecule has 0 atom stereocenters. The summed E-state index contributed by atoms with van der Waals surface area (Å²) < 4.78 is 15.6. The molecule has 0 radical (unpaired) electrons. The molecule has 1 aromatic carbocycles. The fraction of sp³-hybridized carbons (Fsp3) is 0.400. The summed E-state index contributed by atoms with van der Waals surface area (Å²) in [4.78, 5) is 13.5. The monoisotopic (exact) mass is 277 g/mol. The zero-order chi connectivity index (χ0) is 14.4. The Morgan fingerprint density at radius 3 is 3.00 bits per heavy atom. The summed E-state index contributed by atoms with van der Waals surface area (Å²) >= 11 is 0. The number of hydrogen-bond acceptors (Lipinski definition) is 5.